The molecule has 1 aliphatic heterocycles. The zero-order valence-electron chi connectivity index (χ0n) is 13.9. The topological polar surface area (TPSA) is 76.7 Å². The third-order valence-corrected chi connectivity index (χ3v) is 3.67. The molecule has 0 fully saturated rings. The highest BCUT2D eigenvalue weighted by molar-refractivity contribution is 6.09. The van der Waals surface area contributed by atoms with Crippen molar-refractivity contribution >= 4 is 17.5 Å². The van der Waals surface area contributed by atoms with E-state index in [9.17, 15) is 22.8 Å². The van der Waals surface area contributed by atoms with E-state index in [0.717, 1.165) is 0 Å². The highest BCUT2D eigenvalue weighted by Gasteiger charge is 2.28. The summed E-state index contributed by atoms with van der Waals surface area (Å²) >= 11 is 0. The Bertz CT molecular complexity index is 868. The molecule has 0 saturated carbocycles. The number of para-hydroxylation sites is 1. The Morgan fingerprint density at radius 3 is 2.41 bits per heavy atom. The Morgan fingerprint density at radius 1 is 0.963 bits per heavy atom. The lowest BCUT2D eigenvalue weighted by molar-refractivity contribution is -0.123. The molecule has 2 N–H and O–H groups in total. The van der Waals surface area contributed by atoms with Crippen LogP contribution >= 0.6 is 0 Å². The summed E-state index contributed by atoms with van der Waals surface area (Å²) in [6.45, 7) is -0.685. The van der Waals surface area contributed by atoms with Crippen molar-refractivity contribution in [1.82, 2.24) is 5.32 Å². The van der Waals surface area contributed by atoms with Gasteiger partial charge in [-0.15, -0.1) is 0 Å². The number of benzene rings is 2. The van der Waals surface area contributed by atoms with Crippen LogP contribution in [0.15, 0.2) is 42.5 Å². The summed E-state index contributed by atoms with van der Waals surface area (Å²) in [7, 11) is 0. The van der Waals surface area contributed by atoms with Gasteiger partial charge in [-0.1, -0.05) is 12.1 Å². The molecule has 0 aromatic heterocycles. The van der Waals surface area contributed by atoms with E-state index in [1.807, 2.05) is 0 Å². The summed E-state index contributed by atoms with van der Waals surface area (Å²) in [5.74, 6) is -0.539. The van der Waals surface area contributed by atoms with Crippen molar-refractivity contribution in [2.75, 3.05) is 25.1 Å². The second-order valence-electron chi connectivity index (χ2n) is 5.66. The molecule has 0 bridgehead atoms. The van der Waals surface area contributed by atoms with Crippen LogP contribution in [0.25, 0.3) is 0 Å². The summed E-state index contributed by atoms with van der Waals surface area (Å²) < 4.78 is 47.7. The number of nitrogens with one attached hydrogen (secondary N) is 2. The number of fused-ring (bicyclic) bond motifs is 1. The van der Waals surface area contributed by atoms with Crippen molar-refractivity contribution in [2.24, 2.45) is 0 Å². The molecule has 0 saturated heterocycles. The molecular formula is C18H15F3N2O4. The fourth-order valence-corrected chi connectivity index (χ4v) is 2.44. The first-order chi connectivity index (χ1) is 12.8. The van der Waals surface area contributed by atoms with Gasteiger partial charge in [0.2, 0.25) is 0 Å². The molecule has 0 spiro atoms. The number of amides is 2. The predicted molar refractivity (Wildman–Crippen MR) is 90.2 cm³/mol. The third kappa shape index (κ3) is 4.69. The maximum absolute atomic E-state index is 12.5. The van der Waals surface area contributed by atoms with Gasteiger partial charge < -0.3 is 20.1 Å². The molecule has 0 aliphatic carbocycles. The summed E-state index contributed by atoms with van der Waals surface area (Å²) in [5, 5.41) is 4.32. The Morgan fingerprint density at radius 2 is 1.67 bits per heavy atom. The molecule has 9 heteroatoms. The highest BCUT2D eigenvalue weighted by Crippen LogP contribution is 2.31. The van der Waals surface area contributed by atoms with Crippen molar-refractivity contribution in [3.63, 3.8) is 0 Å². The molecule has 6 nitrogen and oxygen atoms in total. The average molecular weight is 380 g/mol. The largest absolute Gasteiger partial charge is 0.486 e. The Hall–Kier alpha value is -3.23. The summed E-state index contributed by atoms with van der Waals surface area (Å²) in [6, 6.07) is 10.4. The van der Waals surface area contributed by atoms with Crippen molar-refractivity contribution in [3.05, 3.63) is 53.6 Å². The van der Waals surface area contributed by atoms with Crippen LogP contribution in [0.4, 0.5) is 18.9 Å². The second-order valence-corrected chi connectivity index (χ2v) is 5.66. The van der Waals surface area contributed by atoms with Gasteiger partial charge in [-0.2, -0.15) is 13.2 Å². The highest BCUT2D eigenvalue weighted by atomic mass is 19.4. The Labute approximate surface area is 152 Å². The summed E-state index contributed by atoms with van der Waals surface area (Å²) in [4.78, 5) is 24.5. The van der Waals surface area contributed by atoms with E-state index in [1.54, 1.807) is 17.4 Å². The number of anilines is 1. The lowest BCUT2D eigenvalue weighted by Gasteiger charge is -2.19. The molecular weight excluding hydrogens is 365 g/mol. The lowest BCUT2D eigenvalue weighted by atomic mass is 10.1. The number of hydrogen-bond acceptors (Lipinski definition) is 4. The fraction of sp³-hybridized carbons (Fsp3) is 0.222. The molecule has 2 amide bonds. The summed E-state index contributed by atoms with van der Waals surface area (Å²) in [5.41, 5.74) is 0.273. The minimum absolute atomic E-state index is 0.0763. The van der Waals surface area contributed by atoms with E-state index in [4.69, 9.17) is 9.47 Å². The minimum atomic E-state index is -4.53. The quantitative estimate of drug-likeness (QED) is 0.855. The molecule has 142 valence electrons. The second kappa shape index (κ2) is 7.56. The van der Waals surface area contributed by atoms with Crippen molar-refractivity contribution in [1.29, 1.82) is 0 Å². The van der Waals surface area contributed by atoms with E-state index >= 15 is 0 Å². The Balaban J connectivity index is 1.76. The van der Waals surface area contributed by atoms with Crippen LogP contribution < -0.4 is 20.1 Å². The van der Waals surface area contributed by atoms with Gasteiger partial charge >= 0.3 is 6.18 Å². The first-order valence-electron chi connectivity index (χ1n) is 7.98. The minimum Gasteiger partial charge on any atom is -0.486 e. The number of halogens is 3. The van der Waals surface area contributed by atoms with Crippen molar-refractivity contribution in [3.8, 4) is 11.5 Å². The molecule has 2 aromatic rings. The number of rotatable bonds is 4. The van der Waals surface area contributed by atoms with Crippen molar-refractivity contribution in [2.45, 2.75) is 6.18 Å². The van der Waals surface area contributed by atoms with E-state index in [1.165, 1.54) is 30.3 Å². The van der Waals surface area contributed by atoms with Crippen LogP contribution in [0, 0.1) is 0 Å². The lowest BCUT2D eigenvalue weighted by Crippen LogP contribution is -2.34. The van der Waals surface area contributed by atoms with Crippen LogP contribution in [0.1, 0.15) is 20.7 Å². The van der Waals surface area contributed by atoms with Gasteiger partial charge in [-0.3, -0.25) is 9.59 Å². The van der Waals surface area contributed by atoms with Gasteiger partial charge in [0.1, 0.15) is 19.8 Å². The van der Waals surface area contributed by atoms with Gasteiger partial charge in [-0.05, 0) is 30.3 Å². The van der Waals surface area contributed by atoms with Gasteiger partial charge in [0, 0.05) is 5.56 Å². The van der Waals surface area contributed by atoms with Crippen LogP contribution in [0.2, 0.25) is 0 Å². The maximum Gasteiger partial charge on any atom is 0.405 e. The van der Waals surface area contributed by atoms with Gasteiger partial charge in [-0.25, -0.2) is 0 Å². The standard InChI is InChI=1S/C18H15F3N2O4/c19-18(20,21)10-22-17(25)12-3-1-2-4-13(12)23-16(24)11-5-6-14-15(9-11)27-8-7-26-14/h1-6,9H,7-8,10H2,(H,22,25)(H,23,24). The molecule has 0 atom stereocenters. The predicted octanol–water partition coefficient (Wildman–Crippen LogP) is 3.00. The summed E-state index contributed by atoms with van der Waals surface area (Å²) in [6.07, 6.45) is -4.53. The maximum atomic E-state index is 12.5. The number of ether oxygens (including phenoxy) is 2. The monoisotopic (exact) mass is 380 g/mol. The first-order valence-corrected chi connectivity index (χ1v) is 7.98. The van der Waals surface area contributed by atoms with Crippen molar-refractivity contribution < 1.29 is 32.2 Å². The van der Waals surface area contributed by atoms with Crippen LogP contribution in [-0.2, 0) is 0 Å². The molecule has 3 rings (SSSR count). The van der Waals surface area contributed by atoms with E-state index in [-0.39, 0.29) is 16.8 Å². The van der Waals surface area contributed by atoms with Crippen LogP contribution in [0.3, 0.4) is 0 Å². The molecule has 27 heavy (non-hydrogen) atoms. The number of hydrogen-bond donors (Lipinski definition) is 2. The zero-order chi connectivity index (χ0) is 19.4. The smallest absolute Gasteiger partial charge is 0.405 e. The number of carbonyl (C=O) groups is 2. The molecule has 2 aromatic carbocycles. The number of carbonyl (C=O) groups excluding carboxylic acids is 2. The van der Waals surface area contributed by atoms with Gasteiger partial charge in [0.05, 0.1) is 11.3 Å². The normalized spacial score (nSPS) is 13.0. The molecule has 0 radical (unpaired) electrons. The van der Waals surface area contributed by atoms with E-state index in [2.05, 4.69) is 5.32 Å². The molecule has 1 aliphatic rings. The zero-order valence-corrected chi connectivity index (χ0v) is 13.9. The van der Waals surface area contributed by atoms with E-state index in [0.29, 0.717) is 24.7 Å². The number of alkyl halides is 3. The average Bonchev–Trinajstić information content (AvgIpc) is 2.65. The molecule has 1 heterocycles. The fourth-order valence-electron chi connectivity index (χ4n) is 2.44. The van der Waals surface area contributed by atoms with Gasteiger partial charge in [0.15, 0.2) is 11.5 Å². The van der Waals surface area contributed by atoms with Crippen LogP contribution in [-0.4, -0.2) is 37.7 Å². The third-order valence-electron chi connectivity index (χ3n) is 3.67. The van der Waals surface area contributed by atoms with Crippen LogP contribution in [0.5, 0.6) is 11.5 Å². The SMILES string of the molecule is O=C(Nc1ccccc1C(=O)NCC(F)(F)F)c1ccc2c(c1)OCCO2. The van der Waals surface area contributed by atoms with E-state index < -0.39 is 24.5 Å². The Kier molecular flexibility index (Phi) is 5.20. The molecule has 0 unspecified atom stereocenters. The first kappa shape index (κ1) is 18.6. The van der Waals surface area contributed by atoms with Gasteiger partial charge in [0.25, 0.3) is 11.8 Å².